The van der Waals surface area contributed by atoms with E-state index in [1.165, 1.54) is 12.8 Å². The molecule has 1 fully saturated rings. The Morgan fingerprint density at radius 2 is 2.24 bits per heavy atom. The van der Waals surface area contributed by atoms with Gasteiger partial charge in [-0.3, -0.25) is 4.79 Å². The third kappa shape index (κ3) is 2.16. The van der Waals surface area contributed by atoms with Crippen molar-refractivity contribution in [1.82, 2.24) is 14.1 Å². The molecule has 0 saturated heterocycles. The number of hydrogen-bond donors (Lipinski definition) is 0. The molecule has 0 radical (unpaired) electrons. The van der Waals surface area contributed by atoms with Crippen LogP contribution in [0.5, 0.6) is 0 Å². The highest BCUT2D eigenvalue weighted by Gasteiger charge is 2.25. The molecule has 0 spiro atoms. The van der Waals surface area contributed by atoms with E-state index >= 15 is 0 Å². The molecule has 0 amide bonds. The topological polar surface area (TPSA) is 39.8 Å². The minimum absolute atomic E-state index is 0.596. The minimum atomic E-state index is 0.596. The first-order chi connectivity index (χ1) is 10.3. The monoisotopic (exact) mass is 299 g/mol. The maximum Gasteiger partial charge on any atom is 0.152 e. The maximum absolute atomic E-state index is 11.2. The Bertz CT molecular complexity index is 829. The minimum Gasteiger partial charge on any atom is -0.341 e. The van der Waals surface area contributed by atoms with Gasteiger partial charge in [0, 0.05) is 34.4 Å². The molecule has 0 N–H and O–H groups in total. The summed E-state index contributed by atoms with van der Waals surface area (Å²) in [7, 11) is 0. The smallest absolute Gasteiger partial charge is 0.152 e. The van der Waals surface area contributed by atoms with Crippen LogP contribution in [0, 0.1) is 0 Å². The van der Waals surface area contributed by atoms with Crippen LogP contribution in [0.4, 0.5) is 0 Å². The Hall–Kier alpha value is -2.07. The second-order valence-electron chi connectivity index (χ2n) is 5.52. The quantitative estimate of drug-likeness (QED) is 0.689. The number of imidazole rings is 1. The Balaban J connectivity index is 1.80. The standard InChI is InChI=1S/C16H14ClN3O/c17-12-1-4-15-11(9-21)7-19(16(15)5-12)8-14-6-18-10-20(14)13-2-3-13/h1,4-7,9-10,13H,2-3,8H2. The van der Waals surface area contributed by atoms with Crippen molar-refractivity contribution in [2.24, 2.45) is 0 Å². The maximum atomic E-state index is 11.2. The number of aldehydes is 1. The lowest BCUT2D eigenvalue weighted by Crippen LogP contribution is -2.05. The average molecular weight is 300 g/mol. The van der Waals surface area contributed by atoms with Gasteiger partial charge in [-0.05, 0) is 25.0 Å². The first-order valence-electron chi connectivity index (χ1n) is 7.00. The Kier molecular flexibility index (Phi) is 2.86. The number of hydrogen-bond acceptors (Lipinski definition) is 2. The molecule has 4 rings (SSSR count). The van der Waals surface area contributed by atoms with Crippen molar-refractivity contribution >= 4 is 28.8 Å². The van der Waals surface area contributed by atoms with E-state index in [1.807, 2.05) is 36.9 Å². The highest BCUT2D eigenvalue weighted by Crippen LogP contribution is 2.36. The molecule has 0 aliphatic heterocycles. The lowest BCUT2D eigenvalue weighted by Gasteiger charge is -2.09. The molecule has 1 aromatic carbocycles. The molecule has 21 heavy (non-hydrogen) atoms. The van der Waals surface area contributed by atoms with Gasteiger partial charge < -0.3 is 9.13 Å². The van der Waals surface area contributed by atoms with Gasteiger partial charge in [0.25, 0.3) is 0 Å². The molecule has 1 aliphatic rings. The van der Waals surface area contributed by atoms with Crippen molar-refractivity contribution in [3.8, 4) is 0 Å². The fourth-order valence-corrected chi connectivity index (χ4v) is 3.00. The van der Waals surface area contributed by atoms with E-state index in [9.17, 15) is 4.79 Å². The summed E-state index contributed by atoms with van der Waals surface area (Å²) in [6.45, 7) is 0.696. The first-order valence-corrected chi connectivity index (χ1v) is 7.38. The van der Waals surface area contributed by atoms with Crippen LogP contribution in [0.1, 0.15) is 34.9 Å². The number of aromatic nitrogens is 3. The predicted octanol–water partition coefficient (Wildman–Crippen LogP) is 3.69. The van der Waals surface area contributed by atoms with Crippen LogP contribution < -0.4 is 0 Å². The summed E-state index contributed by atoms with van der Waals surface area (Å²) < 4.78 is 4.30. The van der Waals surface area contributed by atoms with Gasteiger partial charge in [0.2, 0.25) is 0 Å². The zero-order valence-corrected chi connectivity index (χ0v) is 12.1. The van der Waals surface area contributed by atoms with Crippen LogP contribution >= 0.6 is 11.6 Å². The number of carbonyl (C=O) groups excluding carboxylic acids is 1. The Labute approximate surface area is 127 Å². The van der Waals surface area contributed by atoms with Gasteiger partial charge in [0.05, 0.1) is 24.1 Å². The lowest BCUT2D eigenvalue weighted by atomic mass is 10.2. The number of fused-ring (bicyclic) bond motifs is 1. The molecular formula is C16H14ClN3O. The van der Waals surface area contributed by atoms with E-state index in [1.54, 1.807) is 0 Å². The van der Waals surface area contributed by atoms with Crippen molar-refractivity contribution in [2.75, 3.05) is 0 Å². The number of nitrogens with zero attached hydrogens (tertiary/aromatic N) is 3. The van der Waals surface area contributed by atoms with E-state index < -0.39 is 0 Å². The number of rotatable bonds is 4. The van der Waals surface area contributed by atoms with E-state index in [0.29, 0.717) is 23.2 Å². The van der Waals surface area contributed by atoms with E-state index in [-0.39, 0.29) is 0 Å². The number of carbonyl (C=O) groups is 1. The second-order valence-corrected chi connectivity index (χ2v) is 5.95. The van der Waals surface area contributed by atoms with E-state index in [4.69, 9.17) is 11.6 Å². The first kappa shape index (κ1) is 12.7. The molecule has 3 aromatic rings. The van der Waals surface area contributed by atoms with Crippen molar-refractivity contribution < 1.29 is 4.79 Å². The van der Waals surface area contributed by atoms with Gasteiger partial charge in [-0.1, -0.05) is 17.7 Å². The van der Waals surface area contributed by atoms with Gasteiger partial charge in [-0.2, -0.15) is 0 Å². The zero-order chi connectivity index (χ0) is 14.4. The van der Waals surface area contributed by atoms with Crippen LogP contribution in [0.3, 0.4) is 0 Å². The van der Waals surface area contributed by atoms with Crippen molar-refractivity contribution in [1.29, 1.82) is 0 Å². The summed E-state index contributed by atoms with van der Waals surface area (Å²) in [5.41, 5.74) is 2.83. The van der Waals surface area contributed by atoms with Gasteiger partial charge in [0.15, 0.2) is 6.29 Å². The Morgan fingerprint density at radius 1 is 1.38 bits per heavy atom. The number of halogens is 1. The molecule has 5 heteroatoms. The molecule has 106 valence electrons. The van der Waals surface area contributed by atoms with Gasteiger partial charge in [-0.15, -0.1) is 0 Å². The van der Waals surface area contributed by atoms with Crippen LogP contribution in [0.25, 0.3) is 10.9 Å². The highest BCUT2D eigenvalue weighted by atomic mass is 35.5. The summed E-state index contributed by atoms with van der Waals surface area (Å²) in [5.74, 6) is 0. The molecular weight excluding hydrogens is 286 g/mol. The van der Waals surface area contributed by atoms with Crippen molar-refractivity contribution in [3.05, 3.63) is 53.2 Å². The molecule has 1 aliphatic carbocycles. The number of benzene rings is 1. The van der Waals surface area contributed by atoms with Crippen LogP contribution in [-0.4, -0.2) is 20.4 Å². The molecule has 4 nitrogen and oxygen atoms in total. The summed E-state index contributed by atoms with van der Waals surface area (Å²) in [4.78, 5) is 15.5. The summed E-state index contributed by atoms with van der Waals surface area (Å²) in [5, 5.41) is 1.61. The fourth-order valence-electron chi connectivity index (χ4n) is 2.83. The summed E-state index contributed by atoms with van der Waals surface area (Å²) in [6.07, 6.45) is 9.02. The second kappa shape index (κ2) is 4.74. The zero-order valence-electron chi connectivity index (χ0n) is 11.4. The van der Waals surface area contributed by atoms with Crippen molar-refractivity contribution in [3.63, 3.8) is 0 Å². The van der Waals surface area contributed by atoms with E-state index in [0.717, 1.165) is 22.9 Å². The summed E-state index contributed by atoms with van der Waals surface area (Å²) >= 11 is 6.10. The highest BCUT2D eigenvalue weighted by molar-refractivity contribution is 6.31. The van der Waals surface area contributed by atoms with Gasteiger partial charge in [0.1, 0.15) is 0 Å². The molecule has 0 atom stereocenters. The SMILES string of the molecule is O=Cc1cn(Cc2cncn2C2CC2)c2cc(Cl)ccc12. The van der Waals surface area contributed by atoms with Crippen molar-refractivity contribution in [2.45, 2.75) is 25.4 Å². The third-order valence-electron chi connectivity index (χ3n) is 4.02. The Morgan fingerprint density at radius 3 is 3.00 bits per heavy atom. The third-order valence-corrected chi connectivity index (χ3v) is 4.26. The van der Waals surface area contributed by atoms with Crippen LogP contribution in [0.15, 0.2) is 36.9 Å². The average Bonchev–Trinajstić information content (AvgIpc) is 3.13. The van der Waals surface area contributed by atoms with E-state index in [2.05, 4.69) is 14.1 Å². The van der Waals surface area contributed by atoms with Crippen LogP contribution in [-0.2, 0) is 6.54 Å². The molecule has 0 unspecified atom stereocenters. The molecule has 2 heterocycles. The molecule has 1 saturated carbocycles. The van der Waals surface area contributed by atoms with Crippen LogP contribution in [0.2, 0.25) is 5.02 Å². The predicted molar refractivity (Wildman–Crippen MR) is 81.9 cm³/mol. The summed E-state index contributed by atoms with van der Waals surface area (Å²) in [6, 6.07) is 6.21. The fraction of sp³-hybridized carbons (Fsp3) is 0.250. The lowest BCUT2D eigenvalue weighted by molar-refractivity contribution is 0.112. The largest absolute Gasteiger partial charge is 0.341 e. The normalized spacial score (nSPS) is 14.7. The van der Waals surface area contributed by atoms with Gasteiger partial charge in [-0.25, -0.2) is 4.98 Å². The van der Waals surface area contributed by atoms with Gasteiger partial charge >= 0.3 is 0 Å². The molecule has 2 aromatic heterocycles. The molecule has 0 bridgehead atoms.